The summed E-state index contributed by atoms with van der Waals surface area (Å²) in [6.45, 7) is 21.1. The van der Waals surface area contributed by atoms with Gasteiger partial charge in [-0.15, -0.1) is 0 Å². The minimum Gasteiger partial charge on any atom is -0.394 e. The van der Waals surface area contributed by atoms with Gasteiger partial charge >= 0.3 is 0 Å². The number of aliphatic hydroxyl groups excluding tert-OH is 1. The highest BCUT2D eigenvalue weighted by atomic mass is 16.3. The Morgan fingerprint density at radius 2 is 1.51 bits per heavy atom. The number of carbonyl (C=O) groups is 4. The van der Waals surface area contributed by atoms with Gasteiger partial charge in [-0.2, -0.15) is 0 Å². The molecule has 2 aliphatic rings. The third-order valence-electron chi connectivity index (χ3n) is 9.28. The molecule has 2 heterocycles. The summed E-state index contributed by atoms with van der Waals surface area (Å²) in [5.41, 5.74) is -0.0629. The molecule has 2 saturated heterocycles. The van der Waals surface area contributed by atoms with Crippen LogP contribution in [0.1, 0.15) is 108 Å². The molecule has 0 bridgehead atoms. The number of carbonyl (C=O) groups excluding carboxylic acids is 4. The van der Waals surface area contributed by atoms with Gasteiger partial charge in [-0.1, -0.05) is 61.0 Å². The fraction of sp³-hybridized carbons (Fsp3) is 0.829. The van der Waals surface area contributed by atoms with E-state index in [9.17, 15) is 24.3 Å². The molecule has 0 aromatic heterocycles. The van der Waals surface area contributed by atoms with E-state index in [0.29, 0.717) is 30.9 Å². The maximum absolute atomic E-state index is 14.1. The summed E-state index contributed by atoms with van der Waals surface area (Å²) in [7, 11) is 1.74. The molecule has 2 fully saturated rings. The lowest BCUT2D eigenvalue weighted by Gasteiger charge is -2.41. The molecule has 0 radical (unpaired) electrons. The normalized spacial score (nSPS) is 22.0. The minimum absolute atomic E-state index is 0.00758. The summed E-state index contributed by atoms with van der Waals surface area (Å²) < 4.78 is 0. The fourth-order valence-corrected chi connectivity index (χ4v) is 6.72. The van der Waals surface area contributed by atoms with Crippen molar-refractivity contribution in [3.8, 4) is 0 Å². The lowest BCUT2D eigenvalue weighted by atomic mass is 9.84. The molecule has 1 unspecified atom stereocenters. The van der Waals surface area contributed by atoms with Crippen molar-refractivity contribution in [3.63, 3.8) is 0 Å². The smallest absolute Gasteiger partial charge is 0.249 e. The van der Waals surface area contributed by atoms with Crippen molar-refractivity contribution < 1.29 is 24.3 Å². The lowest BCUT2D eigenvalue weighted by Crippen LogP contribution is -2.60. The van der Waals surface area contributed by atoms with Crippen LogP contribution in [0.15, 0.2) is 11.6 Å². The summed E-state index contributed by atoms with van der Waals surface area (Å²) in [6, 6.07) is -2.10. The van der Waals surface area contributed by atoms with Gasteiger partial charge in [-0.05, 0) is 76.7 Å². The minimum atomic E-state index is -0.742. The monoisotopic (exact) mass is 633 g/mol. The quantitative estimate of drug-likeness (QED) is 0.266. The van der Waals surface area contributed by atoms with E-state index < -0.39 is 23.5 Å². The van der Waals surface area contributed by atoms with E-state index in [2.05, 4.69) is 29.4 Å². The van der Waals surface area contributed by atoms with Crippen LogP contribution in [-0.4, -0.2) is 106 Å². The Morgan fingerprint density at radius 1 is 0.911 bits per heavy atom. The van der Waals surface area contributed by atoms with Crippen LogP contribution in [0.3, 0.4) is 0 Å². The second-order valence-corrected chi connectivity index (χ2v) is 15.4. The highest BCUT2D eigenvalue weighted by Crippen LogP contribution is 2.27. The van der Waals surface area contributed by atoms with Crippen molar-refractivity contribution in [2.45, 2.75) is 144 Å². The Kier molecular flexibility index (Phi) is 14.6. The number of likely N-dealkylation sites (N-methyl/N-ethyl adjacent to an activating group) is 1. The van der Waals surface area contributed by atoms with Crippen molar-refractivity contribution in [1.29, 1.82) is 0 Å². The van der Waals surface area contributed by atoms with Gasteiger partial charge in [-0.3, -0.25) is 24.1 Å². The summed E-state index contributed by atoms with van der Waals surface area (Å²) in [6.07, 6.45) is 6.61. The zero-order valence-corrected chi connectivity index (χ0v) is 30.0. The molecule has 4 amide bonds. The topological polar surface area (TPSA) is 122 Å². The van der Waals surface area contributed by atoms with Crippen molar-refractivity contribution >= 4 is 23.6 Å². The molecule has 3 N–H and O–H groups in total. The molecule has 0 aliphatic carbocycles. The first-order valence-corrected chi connectivity index (χ1v) is 17.1. The third kappa shape index (κ3) is 10.5. The highest BCUT2D eigenvalue weighted by molar-refractivity contribution is 5.97. The second-order valence-electron chi connectivity index (χ2n) is 15.4. The van der Waals surface area contributed by atoms with E-state index in [1.807, 2.05) is 54.5 Å². The van der Waals surface area contributed by atoms with Crippen LogP contribution >= 0.6 is 0 Å². The molecular weight excluding hydrogens is 570 g/mol. The molecule has 2 rings (SSSR count). The molecule has 2 aliphatic heterocycles. The lowest BCUT2D eigenvalue weighted by molar-refractivity contribution is -0.142. The summed E-state index contributed by atoms with van der Waals surface area (Å²) >= 11 is 0. The van der Waals surface area contributed by atoms with Crippen LogP contribution in [0, 0.1) is 17.3 Å². The van der Waals surface area contributed by atoms with Gasteiger partial charge in [0.1, 0.15) is 12.1 Å². The van der Waals surface area contributed by atoms with E-state index in [-0.39, 0.29) is 54.3 Å². The Hall–Kier alpha value is -2.46. The molecular formula is C35H63N5O5. The van der Waals surface area contributed by atoms with Gasteiger partial charge < -0.3 is 25.5 Å². The second kappa shape index (κ2) is 16.9. The SMILES string of the molecule is C/C(=C\C(C(C)C)N(C)C(=O)[C@@H](NC(=O)[C@H]1CCCCN1C(C)C)C(C)(C)C)C(=O)N1CCC[C@H]1C(=O)N[C@@H](CO)CC(C)C. The Bertz CT molecular complexity index is 1050. The molecule has 10 nitrogen and oxygen atoms in total. The number of aliphatic hydroxyl groups is 1. The van der Waals surface area contributed by atoms with E-state index in [1.54, 1.807) is 23.8 Å². The van der Waals surface area contributed by atoms with Crippen LogP contribution in [-0.2, 0) is 19.2 Å². The van der Waals surface area contributed by atoms with Crippen LogP contribution in [0.5, 0.6) is 0 Å². The standard InChI is InChI=1S/C35H63N5O5/c1-22(2)19-26(21-41)36-31(42)28-16-14-18-40(28)33(44)25(7)20-29(23(3)4)38(11)34(45)30(35(8,9)10)37-32(43)27-15-12-13-17-39(27)24(5)6/h20,22-24,26-30,41H,12-19,21H2,1-11H3,(H,36,42)(H,37,43)/b25-20+/t26-,27-,28+,29?,30-/m1/s1. The van der Waals surface area contributed by atoms with Crippen LogP contribution in [0.4, 0.5) is 0 Å². The number of hydrogen-bond acceptors (Lipinski definition) is 6. The molecule has 0 aromatic carbocycles. The highest BCUT2D eigenvalue weighted by Gasteiger charge is 2.40. The molecule has 0 saturated carbocycles. The average molecular weight is 634 g/mol. The number of nitrogens with zero attached hydrogens (tertiary/aromatic N) is 3. The van der Waals surface area contributed by atoms with Crippen LogP contribution in [0.25, 0.3) is 0 Å². The molecule has 10 heteroatoms. The van der Waals surface area contributed by atoms with E-state index in [4.69, 9.17) is 0 Å². The summed E-state index contributed by atoms with van der Waals surface area (Å²) in [5, 5.41) is 15.8. The fourth-order valence-electron chi connectivity index (χ4n) is 6.72. The van der Waals surface area contributed by atoms with Gasteiger partial charge in [0.25, 0.3) is 0 Å². The Morgan fingerprint density at radius 3 is 2.04 bits per heavy atom. The van der Waals surface area contributed by atoms with Gasteiger partial charge in [0.05, 0.1) is 24.7 Å². The first-order valence-electron chi connectivity index (χ1n) is 17.1. The van der Waals surface area contributed by atoms with Crippen molar-refractivity contribution in [3.05, 3.63) is 11.6 Å². The Balaban J connectivity index is 2.25. The number of piperidine rings is 1. The van der Waals surface area contributed by atoms with E-state index >= 15 is 0 Å². The van der Waals surface area contributed by atoms with Gasteiger partial charge in [0.15, 0.2) is 0 Å². The third-order valence-corrected chi connectivity index (χ3v) is 9.28. The van der Waals surface area contributed by atoms with E-state index in [1.165, 1.54) is 0 Å². The first-order chi connectivity index (χ1) is 20.9. The maximum atomic E-state index is 14.1. The number of rotatable bonds is 13. The largest absolute Gasteiger partial charge is 0.394 e. The zero-order chi connectivity index (χ0) is 34.2. The molecule has 0 spiro atoms. The molecule has 5 atom stereocenters. The first kappa shape index (κ1) is 38.7. The van der Waals surface area contributed by atoms with Crippen molar-refractivity contribution in [2.75, 3.05) is 26.7 Å². The summed E-state index contributed by atoms with van der Waals surface area (Å²) in [5.74, 6) is -0.462. The zero-order valence-electron chi connectivity index (χ0n) is 30.0. The predicted molar refractivity (Wildman–Crippen MR) is 179 cm³/mol. The number of likely N-dealkylation sites (tertiary alicyclic amines) is 2. The maximum Gasteiger partial charge on any atom is 0.249 e. The molecule has 45 heavy (non-hydrogen) atoms. The van der Waals surface area contributed by atoms with Gasteiger partial charge in [-0.25, -0.2) is 0 Å². The number of hydrogen-bond donors (Lipinski definition) is 3. The van der Waals surface area contributed by atoms with Crippen LogP contribution in [0.2, 0.25) is 0 Å². The van der Waals surface area contributed by atoms with Crippen molar-refractivity contribution in [2.24, 2.45) is 17.3 Å². The Labute approximate surface area is 272 Å². The van der Waals surface area contributed by atoms with E-state index in [0.717, 1.165) is 32.2 Å². The number of amides is 4. The molecule has 258 valence electrons. The number of nitrogens with one attached hydrogen (secondary N) is 2. The molecule has 0 aromatic rings. The van der Waals surface area contributed by atoms with Gasteiger partial charge in [0, 0.05) is 25.2 Å². The average Bonchev–Trinajstić information content (AvgIpc) is 3.46. The summed E-state index contributed by atoms with van der Waals surface area (Å²) in [4.78, 5) is 60.1. The van der Waals surface area contributed by atoms with Gasteiger partial charge in [0.2, 0.25) is 23.6 Å². The predicted octanol–water partition coefficient (Wildman–Crippen LogP) is 3.72. The van der Waals surface area contributed by atoms with Crippen LogP contribution < -0.4 is 10.6 Å². The van der Waals surface area contributed by atoms with Crippen molar-refractivity contribution in [1.82, 2.24) is 25.3 Å².